The van der Waals surface area contributed by atoms with Gasteiger partial charge in [-0.25, -0.2) is 0 Å². The maximum absolute atomic E-state index is 2.53. The number of benzene rings is 8. The summed E-state index contributed by atoms with van der Waals surface area (Å²) in [7, 11) is 0. The van der Waals surface area contributed by atoms with E-state index in [0.29, 0.717) is 0 Å². The number of hydrogen-bond acceptors (Lipinski definition) is 0. The van der Waals surface area contributed by atoms with Gasteiger partial charge in [-0.2, -0.15) is 0 Å². The lowest BCUT2D eigenvalue weighted by molar-refractivity contribution is 1.01. The van der Waals surface area contributed by atoms with Crippen molar-refractivity contribution in [1.82, 2.24) is 0 Å². The number of hydrogen-bond donors (Lipinski definition) is 0. The third-order valence-electron chi connectivity index (χ3n) is 11.4. The van der Waals surface area contributed by atoms with E-state index in [1.165, 1.54) is 99.8 Å². The highest BCUT2D eigenvalue weighted by Crippen LogP contribution is 2.54. The Hall–Kier alpha value is -5.98. The van der Waals surface area contributed by atoms with Gasteiger partial charge in [0, 0.05) is 11.8 Å². The summed E-state index contributed by atoms with van der Waals surface area (Å²) in [4.78, 5) is 0. The van der Waals surface area contributed by atoms with Crippen molar-refractivity contribution in [2.75, 3.05) is 0 Å². The summed E-state index contributed by atoms with van der Waals surface area (Å²) < 4.78 is 0. The van der Waals surface area contributed by atoms with Gasteiger partial charge in [-0.05, 0) is 124 Å². The third kappa shape index (κ3) is 3.98. The normalized spacial score (nSPS) is 16.1. The molecule has 0 saturated heterocycles. The zero-order chi connectivity index (χ0) is 32.1. The van der Waals surface area contributed by atoms with Gasteiger partial charge in [-0.15, -0.1) is 0 Å². The monoisotopic (exact) mass is 620 g/mol. The summed E-state index contributed by atoms with van der Waals surface area (Å²) in [6.07, 6.45) is 1.01. The Kier molecular flexibility index (Phi) is 5.66. The van der Waals surface area contributed by atoms with Crippen LogP contribution in [0.25, 0.3) is 55.3 Å². The Bertz CT molecular complexity index is 2640. The average Bonchev–Trinajstić information content (AvgIpc) is 3.80. The maximum atomic E-state index is 2.53. The van der Waals surface area contributed by atoms with E-state index in [2.05, 4.69) is 170 Å². The molecule has 0 fully saturated rings. The van der Waals surface area contributed by atoms with Crippen LogP contribution in [-0.4, -0.2) is 0 Å². The molecule has 0 radical (unpaired) electrons. The quantitative estimate of drug-likeness (QED) is 0.184. The molecule has 0 bridgehead atoms. The van der Waals surface area contributed by atoms with E-state index in [1.807, 2.05) is 0 Å². The Morgan fingerprint density at radius 3 is 1.73 bits per heavy atom. The minimum Gasteiger partial charge on any atom is -0.0622 e. The Morgan fingerprint density at radius 1 is 0.306 bits per heavy atom. The van der Waals surface area contributed by atoms with Crippen LogP contribution in [0.15, 0.2) is 170 Å². The predicted octanol–water partition coefficient (Wildman–Crippen LogP) is 12.4. The molecule has 0 aliphatic heterocycles. The van der Waals surface area contributed by atoms with E-state index in [4.69, 9.17) is 0 Å². The summed E-state index contributed by atoms with van der Waals surface area (Å²) in [6, 6.07) is 64.1. The molecule has 0 N–H and O–H groups in total. The molecule has 0 heteroatoms. The lowest BCUT2D eigenvalue weighted by Crippen LogP contribution is -2.00. The number of rotatable bonds is 3. The molecule has 3 aliphatic rings. The van der Waals surface area contributed by atoms with Crippen molar-refractivity contribution < 1.29 is 0 Å². The van der Waals surface area contributed by atoms with Crippen molar-refractivity contribution in [3.8, 4) is 44.5 Å². The van der Waals surface area contributed by atoms with Crippen LogP contribution < -0.4 is 0 Å². The van der Waals surface area contributed by atoms with Crippen LogP contribution in [0, 0.1) is 0 Å². The van der Waals surface area contributed by atoms with Crippen LogP contribution in [0.3, 0.4) is 0 Å². The summed E-state index contributed by atoms with van der Waals surface area (Å²) in [5.41, 5.74) is 22.0. The Balaban J connectivity index is 1.08. The summed E-state index contributed by atoms with van der Waals surface area (Å²) in [5, 5.41) is 2.59. The highest BCUT2D eigenvalue weighted by molar-refractivity contribution is 5.92. The zero-order valence-electron chi connectivity index (χ0n) is 27.0. The molecule has 2 atom stereocenters. The van der Waals surface area contributed by atoms with Crippen LogP contribution in [0.5, 0.6) is 0 Å². The maximum Gasteiger partial charge on any atom is 0.0352 e. The number of fused-ring (bicyclic) bond motifs is 10. The molecule has 228 valence electrons. The van der Waals surface area contributed by atoms with E-state index in [1.54, 1.807) is 0 Å². The van der Waals surface area contributed by atoms with E-state index < -0.39 is 0 Å². The fourth-order valence-corrected chi connectivity index (χ4v) is 9.20. The summed E-state index contributed by atoms with van der Waals surface area (Å²) in [5.74, 6) is 0.470. The van der Waals surface area contributed by atoms with Gasteiger partial charge < -0.3 is 0 Å². The fourth-order valence-electron chi connectivity index (χ4n) is 9.20. The van der Waals surface area contributed by atoms with Gasteiger partial charge in [-0.1, -0.05) is 152 Å². The lowest BCUT2D eigenvalue weighted by atomic mass is 9.86. The SMILES string of the molecule is c1ccc(C2c3ccccc3-c3cc(-c4ccc5c(c4)-c4cc6c(cc4C5c4ccc5ccccc5c4)Cc4ccccc4-6)ccc32)cc1. The second kappa shape index (κ2) is 10.3. The standard InChI is InChI=1S/C49H32/c1-2-11-31(12-3-1)48-40-17-9-8-16-39(40)44-26-33(20-22-41(44)48)34-21-23-42-45(27-34)46-29-43-37(25-35-14-6-7-15-38(35)43)28-47(46)49(42)36-19-18-30-10-4-5-13-32(30)24-36/h1-24,26-29,48-49H,25H2. The van der Waals surface area contributed by atoms with Gasteiger partial charge in [0.2, 0.25) is 0 Å². The Morgan fingerprint density at radius 2 is 0.918 bits per heavy atom. The smallest absolute Gasteiger partial charge is 0.0352 e. The van der Waals surface area contributed by atoms with Crippen LogP contribution in [-0.2, 0) is 6.42 Å². The van der Waals surface area contributed by atoms with Crippen molar-refractivity contribution in [2.45, 2.75) is 18.3 Å². The Labute approximate surface area is 287 Å². The van der Waals surface area contributed by atoms with Crippen molar-refractivity contribution in [3.63, 3.8) is 0 Å². The van der Waals surface area contributed by atoms with Crippen molar-refractivity contribution in [2.24, 2.45) is 0 Å². The molecule has 8 aromatic rings. The summed E-state index contributed by atoms with van der Waals surface area (Å²) >= 11 is 0. The van der Waals surface area contributed by atoms with Gasteiger partial charge in [-0.3, -0.25) is 0 Å². The fraction of sp³-hybridized carbons (Fsp3) is 0.0612. The topological polar surface area (TPSA) is 0 Å². The van der Waals surface area contributed by atoms with Crippen LogP contribution >= 0.6 is 0 Å². The van der Waals surface area contributed by atoms with Gasteiger partial charge >= 0.3 is 0 Å². The second-order valence-corrected chi connectivity index (χ2v) is 14.0. The molecule has 3 aliphatic carbocycles. The van der Waals surface area contributed by atoms with Gasteiger partial charge in [0.25, 0.3) is 0 Å². The van der Waals surface area contributed by atoms with Crippen molar-refractivity contribution in [1.29, 1.82) is 0 Å². The van der Waals surface area contributed by atoms with Crippen LogP contribution in [0.4, 0.5) is 0 Å². The molecule has 0 saturated carbocycles. The first kappa shape index (κ1) is 27.0. The zero-order valence-corrected chi connectivity index (χ0v) is 27.0. The van der Waals surface area contributed by atoms with Gasteiger partial charge in [0.05, 0.1) is 0 Å². The van der Waals surface area contributed by atoms with Crippen molar-refractivity contribution >= 4 is 10.8 Å². The van der Waals surface area contributed by atoms with Gasteiger partial charge in [0.15, 0.2) is 0 Å². The molecule has 0 amide bonds. The minimum atomic E-state index is 0.205. The molecule has 0 spiro atoms. The van der Waals surface area contributed by atoms with Crippen LogP contribution in [0.1, 0.15) is 56.3 Å². The van der Waals surface area contributed by atoms with E-state index >= 15 is 0 Å². The van der Waals surface area contributed by atoms with Crippen molar-refractivity contribution in [3.05, 3.63) is 214 Å². The molecule has 11 rings (SSSR count). The third-order valence-corrected chi connectivity index (χ3v) is 11.4. The van der Waals surface area contributed by atoms with E-state index in [-0.39, 0.29) is 11.8 Å². The molecule has 8 aromatic carbocycles. The molecule has 0 aromatic heterocycles. The minimum absolute atomic E-state index is 0.205. The summed E-state index contributed by atoms with van der Waals surface area (Å²) in [6.45, 7) is 0. The molecule has 49 heavy (non-hydrogen) atoms. The molecular formula is C49H32. The first-order valence-corrected chi connectivity index (χ1v) is 17.5. The predicted molar refractivity (Wildman–Crippen MR) is 203 cm³/mol. The average molecular weight is 621 g/mol. The molecular weight excluding hydrogens is 589 g/mol. The largest absolute Gasteiger partial charge is 0.0622 e. The molecule has 0 heterocycles. The molecule has 0 nitrogen and oxygen atoms in total. The van der Waals surface area contributed by atoms with E-state index in [9.17, 15) is 0 Å². The molecule has 2 unspecified atom stereocenters. The highest BCUT2D eigenvalue weighted by Gasteiger charge is 2.34. The second-order valence-electron chi connectivity index (χ2n) is 14.0. The van der Waals surface area contributed by atoms with Gasteiger partial charge in [0.1, 0.15) is 0 Å². The first-order chi connectivity index (χ1) is 24.3. The van der Waals surface area contributed by atoms with E-state index in [0.717, 1.165) is 6.42 Å². The van der Waals surface area contributed by atoms with Crippen LogP contribution in [0.2, 0.25) is 0 Å². The highest BCUT2D eigenvalue weighted by atomic mass is 14.4. The lowest BCUT2D eigenvalue weighted by Gasteiger charge is -2.17. The first-order valence-electron chi connectivity index (χ1n) is 17.5.